The molecule has 0 aliphatic carbocycles. The van der Waals surface area contributed by atoms with Gasteiger partial charge >= 0.3 is 0 Å². The van der Waals surface area contributed by atoms with Crippen LogP contribution in [0.4, 0.5) is 0 Å². The summed E-state index contributed by atoms with van der Waals surface area (Å²) in [4.78, 5) is 23.3. The third-order valence-corrected chi connectivity index (χ3v) is 3.08. The fourth-order valence-corrected chi connectivity index (χ4v) is 1.94. The van der Waals surface area contributed by atoms with Gasteiger partial charge in [0.2, 0.25) is 0 Å². The minimum Gasteiger partial charge on any atom is -0.311 e. The number of hydrogen-bond donors (Lipinski definition) is 0. The standard InChI is InChI=1S/C14H12ClNO2/c1-9(17)12-7-8-13(16(2)14(12)18)10-3-5-11(15)6-4-10/h3-8H,1-2H3. The van der Waals surface area contributed by atoms with Crippen LogP contribution in [0.15, 0.2) is 41.2 Å². The summed E-state index contributed by atoms with van der Waals surface area (Å²) in [7, 11) is 1.65. The van der Waals surface area contributed by atoms with Gasteiger partial charge in [0.25, 0.3) is 5.56 Å². The lowest BCUT2D eigenvalue weighted by Crippen LogP contribution is -2.24. The average molecular weight is 262 g/mol. The van der Waals surface area contributed by atoms with Crippen LogP contribution in [0.3, 0.4) is 0 Å². The van der Waals surface area contributed by atoms with Crippen LogP contribution >= 0.6 is 11.6 Å². The number of pyridine rings is 1. The molecule has 0 amide bonds. The summed E-state index contributed by atoms with van der Waals surface area (Å²) in [5, 5.41) is 0.643. The lowest BCUT2D eigenvalue weighted by Gasteiger charge is -2.09. The van der Waals surface area contributed by atoms with Crippen LogP contribution < -0.4 is 5.56 Å². The second-order valence-corrected chi connectivity index (χ2v) is 4.50. The van der Waals surface area contributed by atoms with E-state index in [0.717, 1.165) is 11.3 Å². The topological polar surface area (TPSA) is 39.1 Å². The lowest BCUT2D eigenvalue weighted by atomic mass is 10.1. The van der Waals surface area contributed by atoms with Crippen LogP contribution in [0, 0.1) is 0 Å². The van der Waals surface area contributed by atoms with Gasteiger partial charge in [-0.1, -0.05) is 23.7 Å². The summed E-state index contributed by atoms with van der Waals surface area (Å²) < 4.78 is 1.47. The molecule has 18 heavy (non-hydrogen) atoms. The van der Waals surface area contributed by atoms with Crippen molar-refractivity contribution in [3.8, 4) is 11.3 Å². The first-order chi connectivity index (χ1) is 8.50. The first-order valence-electron chi connectivity index (χ1n) is 5.47. The summed E-state index contributed by atoms with van der Waals surface area (Å²) in [6.07, 6.45) is 0. The predicted octanol–water partition coefficient (Wildman–Crippen LogP) is 2.91. The maximum Gasteiger partial charge on any atom is 0.261 e. The molecule has 1 aromatic carbocycles. The number of rotatable bonds is 2. The number of Topliss-reactive ketones (excluding diaryl/α,β-unsaturated/α-hetero) is 1. The van der Waals surface area contributed by atoms with Gasteiger partial charge in [-0.2, -0.15) is 0 Å². The quantitative estimate of drug-likeness (QED) is 0.780. The zero-order valence-corrected chi connectivity index (χ0v) is 10.9. The molecule has 0 unspecified atom stereocenters. The number of carbonyl (C=O) groups is 1. The summed E-state index contributed by atoms with van der Waals surface area (Å²) in [5.74, 6) is -0.224. The van der Waals surface area contributed by atoms with Crippen molar-refractivity contribution in [3.05, 3.63) is 57.3 Å². The molecule has 0 radical (unpaired) electrons. The smallest absolute Gasteiger partial charge is 0.261 e. The minimum atomic E-state index is -0.282. The summed E-state index contributed by atoms with van der Waals surface area (Å²) in [5.41, 5.74) is 1.56. The van der Waals surface area contributed by atoms with E-state index in [4.69, 9.17) is 11.6 Å². The fourth-order valence-electron chi connectivity index (χ4n) is 1.81. The van der Waals surface area contributed by atoms with Crippen molar-refractivity contribution < 1.29 is 4.79 Å². The molecule has 0 spiro atoms. The molecule has 2 aromatic rings. The van der Waals surface area contributed by atoms with Crippen LogP contribution in [-0.2, 0) is 7.05 Å². The van der Waals surface area contributed by atoms with Gasteiger partial charge in [0.05, 0.1) is 11.3 Å². The molecule has 3 nitrogen and oxygen atoms in total. The molecule has 1 aromatic heterocycles. The van der Waals surface area contributed by atoms with Crippen molar-refractivity contribution in [2.24, 2.45) is 7.05 Å². The molecule has 0 bridgehead atoms. The molecular formula is C14H12ClNO2. The first-order valence-corrected chi connectivity index (χ1v) is 5.85. The fraction of sp³-hybridized carbons (Fsp3) is 0.143. The Bertz CT molecular complexity index is 656. The highest BCUT2D eigenvalue weighted by atomic mass is 35.5. The van der Waals surface area contributed by atoms with Gasteiger partial charge < -0.3 is 4.57 Å². The minimum absolute atomic E-state index is 0.204. The molecule has 0 aliphatic rings. The second kappa shape index (κ2) is 4.78. The van der Waals surface area contributed by atoms with Gasteiger partial charge in [-0.25, -0.2) is 0 Å². The first kappa shape index (κ1) is 12.6. The normalized spacial score (nSPS) is 10.4. The Balaban J connectivity index is 2.61. The molecule has 0 atom stereocenters. The second-order valence-electron chi connectivity index (χ2n) is 4.06. The molecule has 0 aliphatic heterocycles. The third-order valence-electron chi connectivity index (χ3n) is 2.82. The van der Waals surface area contributed by atoms with E-state index >= 15 is 0 Å². The Morgan fingerprint density at radius 3 is 2.28 bits per heavy atom. The monoisotopic (exact) mass is 261 g/mol. The number of carbonyl (C=O) groups excluding carboxylic acids is 1. The van der Waals surface area contributed by atoms with Crippen LogP contribution in [0.1, 0.15) is 17.3 Å². The molecular weight excluding hydrogens is 250 g/mol. The molecule has 2 rings (SSSR count). The van der Waals surface area contributed by atoms with E-state index < -0.39 is 0 Å². The number of aromatic nitrogens is 1. The highest BCUT2D eigenvalue weighted by Crippen LogP contribution is 2.20. The van der Waals surface area contributed by atoms with Gasteiger partial charge in [0, 0.05) is 12.1 Å². The molecule has 4 heteroatoms. The molecule has 0 saturated heterocycles. The van der Waals surface area contributed by atoms with Crippen LogP contribution in [0.25, 0.3) is 11.3 Å². The Labute approximate surface area is 110 Å². The zero-order chi connectivity index (χ0) is 13.3. The number of halogens is 1. The zero-order valence-electron chi connectivity index (χ0n) is 10.1. The Hall–Kier alpha value is -1.87. The van der Waals surface area contributed by atoms with Gasteiger partial charge in [-0.05, 0) is 36.8 Å². The molecule has 92 valence electrons. The molecule has 0 N–H and O–H groups in total. The van der Waals surface area contributed by atoms with E-state index in [1.54, 1.807) is 31.3 Å². The highest BCUT2D eigenvalue weighted by molar-refractivity contribution is 6.30. The number of nitrogens with zero attached hydrogens (tertiary/aromatic N) is 1. The largest absolute Gasteiger partial charge is 0.311 e. The summed E-state index contributed by atoms with van der Waals surface area (Å²) in [6.45, 7) is 1.39. The van der Waals surface area contributed by atoms with E-state index in [2.05, 4.69) is 0 Å². The van der Waals surface area contributed by atoms with Crippen molar-refractivity contribution in [2.75, 3.05) is 0 Å². The SMILES string of the molecule is CC(=O)c1ccc(-c2ccc(Cl)cc2)n(C)c1=O. The van der Waals surface area contributed by atoms with Crippen molar-refractivity contribution in [3.63, 3.8) is 0 Å². The van der Waals surface area contributed by atoms with Gasteiger partial charge in [-0.15, -0.1) is 0 Å². The van der Waals surface area contributed by atoms with Gasteiger partial charge in [-0.3, -0.25) is 9.59 Å². The molecule has 0 fully saturated rings. The number of benzene rings is 1. The molecule has 0 saturated carbocycles. The van der Waals surface area contributed by atoms with E-state index in [9.17, 15) is 9.59 Å². The van der Waals surface area contributed by atoms with E-state index in [1.165, 1.54) is 11.5 Å². The van der Waals surface area contributed by atoms with Crippen molar-refractivity contribution >= 4 is 17.4 Å². The van der Waals surface area contributed by atoms with Gasteiger partial charge in [0.15, 0.2) is 5.78 Å². The summed E-state index contributed by atoms with van der Waals surface area (Å²) in [6, 6.07) is 10.5. The van der Waals surface area contributed by atoms with Crippen molar-refractivity contribution in [1.29, 1.82) is 0 Å². The predicted molar refractivity (Wildman–Crippen MR) is 72.1 cm³/mol. The van der Waals surface area contributed by atoms with Crippen molar-refractivity contribution in [1.82, 2.24) is 4.57 Å². The third kappa shape index (κ3) is 2.22. The van der Waals surface area contributed by atoms with E-state index in [1.807, 2.05) is 12.1 Å². The van der Waals surface area contributed by atoms with E-state index in [-0.39, 0.29) is 16.9 Å². The van der Waals surface area contributed by atoms with E-state index in [0.29, 0.717) is 5.02 Å². The Kier molecular flexibility index (Phi) is 3.34. The highest BCUT2D eigenvalue weighted by Gasteiger charge is 2.10. The number of hydrogen-bond acceptors (Lipinski definition) is 2. The number of ketones is 1. The Morgan fingerprint density at radius 2 is 1.72 bits per heavy atom. The summed E-state index contributed by atoms with van der Waals surface area (Å²) >= 11 is 5.82. The molecule has 1 heterocycles. The Morgan fingerprint density at radius 1 is 1.11 bits per heavy atom. The van der Waals surface area contributed by atoms with Crippen LogP contribution in [0.2, 0.25) is 5.02 Å². The maximum atomic E-state index is 12.0. The lowest BCUT2D eigenvalue weighted by molar-refractivity contribution is 0.101. The maximum absolute atomic E-state index is 12.0. The van der Waals surface area contributed by atoms with Crippen molar-refractivity contribution in [2.45, 2.75) is 6.92 Å². The van der Waals surface area contributed by atoms with Crippen LogP contribution in [0.5, 0.6) is 0 Å². The average Bonchev–Trinajstić information content (AvgIpc) is 2.33. The van der Waals surface area contributed by atoms with Crippen LogP contribution in [-0.4, -0.2) is 10.4 Å². The van der Waals surface area contributed by atoms with Gasteiger partial charge in [0.1, 0.15) is 0 Å².